The summed E-state index contributed by atoms with van der Waals surface area (Å²) in [6.07, 6.45) is 1.78. The minimum Gasteiger partial charge on any atom is -0.508 e. The maximum absolute atomic E-state index is 11.9. The van der Waals surface area contributed by atoms with E-state index in [4.69, 9.17) is 0 Å². The number of aromatic nitrogens is 3. The highest BCUT2D eigenvalue weighted by Gasteiger charge is 2.11. The van der Waals surface area contributed by atoms with E-state index >= 15 is 0 Å². The van der Waals surface area contributed by atoms with Crippen molar-refractivity contribution in [1.29, 1.82) is 0 Å². The summed E-state index contributed by atoms with van der Waals surface area (Å²) in [5.74, 6) is 1.15. The van der Waals surface area contributed by atoms with E-state index in [1.165, 1.54) is 6.07 Å². The van der Waals surface area contributed by atoms with Crippen LogP contribution in [0, 0.1) is 0 Å². The number of aromatic amines is 1. The zero-order valence-electron chi connectivity index (χ0n) is 12.5. The number of nitrogens with zero attached hydrogens (tertiary/aromatic N) is 2. The van der Waals surface area contributed by atoms with E-state index in [9.17, 15) is 9.90 Å². The zero-order chi connectivity index (χ0) is 15.7. The number of aromatic hydroxyl groups is 1. The molecule has 2 aromatic heterocycles. The van der Waals surface area contributed by atoms with Gasteiger partial charge in [0.2, 0.25) is 0 Å². The number of H-pyrrole nitrogens is 1. The number of hydrogen-bond acceptors (Lipinski definition) is 4. The fourth-order valence-corrected chi connectivity index (χ4v) is 2.36. The Labute approximate surface area is 127 Å². The fraction of sp³-hybridized carbons (Fsp3) is 0.250. The molecule has 22 heavy (non-hydrogen) atoms. The highest BCUT2D eigenvalue weighted by molar-refractivity contribution is 5.54. The third-order valence-corrected chi connectivity index (χ3v) is 3.57. The summed E-state index contributed by atoms with van der Waals surface area (Å²) in [4.78, 5) is 14.7. The van der Waals surface area contributed by atoms with Gasteiger partial charge in [-0.3, -0.25) is 4.79 Å². The molecule has 6 nitrogen and oxygen atoms in total. The Morgan fingerprint density at radius 3 is 2.73 bits per heavy atom. The molecule has 0 saturated carbocycles. The first-order valence-electron chi connectivity index (χ1n) is 7.17. The van der Waals surface area contributed by atoms with Gasteiger partial charge in [0.15, 0.2) is 0 Å². The van der Waals surface area contributed by atoms with Crippen molar-refractivity contribution in [3.8, 4) is 5.75 Å². The van der Waals surface area contributed by atoms with Crippen molar-refractivity contribution in [1.82, 2.24) is 14.6 Å². The highest BCUT2D eigenvalue weighted by Crippen LogP contribution is 2.20. The lowest BCUT2D eigenvalue weighted by Gasteiger charge is -2.09. The average molecular weight is 298 g/mol. The Balaban J connectivity index is 1.93. The van der Waals surface area contributed by atoms with Crippen LogP contribution in [0.1, 0.15) is 30.9 Å². The SMILES string of the molecule is CC(C)c1cnn2c(NCc3ccc(O)cc3)cc(=O)[nH]c12. The van der Waals surface area contributed by atoms with Gasteiger partial charge in [-0.15, -0.1) is 0 Å². The van der Waals surface area contributed by atoms with Crippen LogP contribution in [-0.2, 0) is 6.54 Å². The first-order valence-corrected chi connectivity index (χ1v) is 7.17. The molecule has 0 fully saturated rings. The van der Waals surface area contributed by atoms with Gasteiger partial charge in [-0.25, -0.2) is 4.52 Å². The molecule has 0 unspecified atom stereocenters. The number of fused-ring (bicyclic) bond motifs is 1. The standard InChI is InChI=1S/C16H18N4O2/c1-10(2)13-9-18-20-14(7-15(22)19-16(13)20)17-8-11-3-5-12(21)6-4-11/h3-7,9-10,17,21H,8H2,1-2H3,(H,19,22). The predicted octanol–water partition coefficient (Wildman–Crippen LogP) is 2.46. The number of phenolic OH excluding ortho intramolecular Hbond substituents is 1. The van der Waals surface area contributed by atoms with Crippen molar-refractivity contribution in [2.75, 3.05) is 5.32 Å². The molecular formula is C16H18N4O2. The number of anilines is 1. The molecule has 0 radical (unpaired) electrons. The van der Waals surface area contributed by atoms with Gasteiger partial charge >= 0.3 is 0 Å². The molecule has 114 valence electrons. The molecule has 0 spiro atoms. The second-order valence-corrected chi connectivity index (χ2v) is 5.55. The summed E-state index contributed by atoms with van der Waals surface area (Å²) in [5.41, 5.74) is 2.56. The van der Waals surface area contributed by atoms with Crippen molar-refractivity contribution < 1.29 is 5.11 Å². The van der Waals surface area contributed by atoms with Crippen LogP contribution < -0.4 is 10.9 Å². The van der Waals surface area contributed by atoms with Gasteiger partial charge in [0.25, 0.3) is 5.56 Å². The molecule has 3 N–H and O–H groups in total. The average Bonchev–Trinajstić information content (AvgIpc) is 2.90. The topological polar surface area (TPSA) is 82.4 Å². The maximum Gasteiger partial charge on any atom is 0.253 e. The van der Waals surface area contributed by atoms with Crippen LogP contribution in [0.4, 0.5) is 5.82 Å². The molecule has 3 rings (SSSR count). The van der Waals surface area contributed by atoms with Crippen molar-refractivity contribution in [2.45, 2.75) is 26.3 Å². The molecule has 2 heterocycles. The van der Waals surface area contributed by atoms with Crippen LogP contribution in [0.3, 0.4) is 0 Å². The van der Waals surface area contributed by atoms with Gasteiger partial charge in [-0.1, -0.05) is 26.0 Å². The molecule has 3 aromatic rings. The van der Waals surface area contributed by atoms with E-state index in [-0.39, 0.29) is 17.2 Å². The molecule has 0 atom stereocenters. The first kappa shape index (κ1) is 14.2. The number of benzene rings is 1. The van der Waals surface area contributed by atoms with Crippen LogP contribution >= 0.6 is 0 Å². The summed E-state index contributed by atoms with van der Waals surface area (Å²) in [6.45, 7) is 4.66. The third-order valence-electron chi connectivity index (χ3n) is 3.57. The Morgan fingerprint density at radius 1 is 1.32 bits per heavy atom. The summed E-state index contributed by atoms with van der Waals surface area (Å²) in [6, 6.07) is 8.42. The van der Waals surface area contributed by atoms with Crippen molar-refractivity contribution in [3.63, 3.8) is 0 Å². The monoisotopic (exact) mass is 298 g/mol. The molecule has 0 aliphatic heterocycles. The number of hydrogen-bond donors (Lipinski definition) is 3. The predicted molar refractivity (Wildman–Crippen MR) is 85.3 cm³/mol. The third kappa shape index (κ3) is 2.67. The number of nitrogens with one attached hydrogen (secondary N) is 2. The first-order chi connectivity index (χ1) is 10.5. The van der Waals surface area contributed by atoms with Crippen LogP contribution in [0.25, 0.3) is 5.65 Å². The van der Waals surface area contributed by atoms with Gasteiger partial charge in [0.1, 0.15) is 17.2 Å². The molecule has 6 heteroatoms. The van der Waals surface area contributed by atoms with E-state index in [0.29, 0.717) is 12.4 Å². The van der Waals surface area contributed by atoms with Crippen molar-refractivity contribution >= 4 is 11.5 Å². The van der Waals surface area contributed by atoms with Crippen LogP contribution in [-0.4, -0.2) is 19.7 Å². The van der Waals surface area contributed by atoms with E-state index in [1.807, 2.05) is 12.1 Å². The lowest BCUT2D eigenvalue weighted by Crippen LogP contribution is -2.13. The van der Waals surface area contributed by atoms with Gasteiger partial charge < -0.3 is 15.4 Å². The quantitative estimate of drug-likeness (QED) is 0.691. The number of rotatable bonds is 4. The van der Waals surface area contributed by atoms with E-state index in [0.717, 1.165) is 16.8 Å². The molecule has 0 bridgehead atoms. The van der Waals surface area contributed by atoms with Gasteiger partial charge in [-0.2, -0.15) is 5.10 Å². The van der Waals surface area contributed by atoms with Gasteiger partial charge in [-0.05, 0) is 23.6 Å². The second kappa shape index (κ2) is 5.55. The minimum absolute atomic E-state index is 0.164. The largest absolute Gasteiger partial charge is 0.508 e. The molecule has 0 aliphatic carbocycles. The molecule has 0 saturated heterocycles. The highest BCUT2D eigenvalue weighted by atomic mass is 16.3. The Kier molecular flexibility index (Phi) is 3.58. The lowest BCUT2D eigenvalue weighted by molar-refractivity contribution is 0.475. The fourth-order valence-electron chi connectivity index (χ4n) is 2.36. The molecule has 0 amide bonds. The van der Waals surface area contributed by atoms with Crippen LogP contribution in [0.15, 0.2) is 41.3 Å². The Hall–Kier alpha value is -2.76. The van der Waals surface area contributed by atoms with E-state index in [2.05, 4.69) is 29.2 Å². The van der Waals surface area contributed by atoms with Crippen molar-refractivity contribution in [2.24, 2.45) is 0 Å². The number of phenols is 1. The minimum atomic E-state index is -0.164. The van der Waals surface area contributed by atoms with Crippen molar-refractivity contribution in [3.05, 3.63) is 58.0 Å². The summed E-state index contributed by atoms with van der Waals surface area (Å²) in [7, 11) is 0. The van der Waals surface area contributed by atoms with E-state index in [1.54, 1.807) is 22.8 Å². The zero-order valence-corrected chi connectivity index (χ0v) is 12.5. The summed E-state index contributed by atoms with van der Waals surface area (Å²) < 4.78 is 1.71. The van der Waals surface area contributed by atoms with Gasteiger partial charge in [0.05, 0.1) is 6.20 Å². The second-order valence-electron chi connectivity index (χ2n) is 5.55. The van der Waals surface area contributed by atoms with Crippen LogP contribution in [0.5, 0.6) is 5.75 Å². The Morgan fingerprint density at radius 2 is 2.05 bits per heavy atom. The normalized spacial score (nSPS) is 11.2. The Bertz CT molecular complexity index is 847. The van der Waals surface area contributed by atoms with E-state index < -0.39 is 0 Å². The molecule has 0 aliphatic rings. The molecular weight excluding hydrogens is 280 g/mol. The van der Waals surface area contributed by atoms with Gasteiger partial charge in [0, 0.05) is 18.2 Å². The summed E-state index contributed by atoms with van der Waals surface area (Å²) >= 11 is 0. The molecule has 1 aromatic carbocycles. The van der Waals surface area contributed by atoms with Crippen LogP contribution in [0.2, 0.25) is 0 Å². The smallest absolute Gasteiger partial charge is 0.253 e. The lowest BCUT2D eigenvalue weighted by atomic mass is 10.1. The maximum atomic E-state index is 11.9. The summed E-state index contributed by atoms with van der Waals surface area (Å²) in [5, 5.41) is 16.9.